The maximum atomic E-state index is 13.6. The van der Waals surface area contributed by atoms with Gasteiger partial charge in [-0.15, -0.1) is 0 Å². The molecule has 1 aromatic heterocycles. The standard InChI is InChI=1S/C14H11ClFN3O2/c1-8-17-2-3-18(8)4-5-19-12-7-11(16)10(15)6-9(12)13(20)14(19)21/h2-3,6-7H,4-5H2,1H3. The molecule has 0 saturated heterocycles. The number of anilines is 1. The van der Waals surface area contributed by atoms with E-state index in [4.69, 9.17) is 11.6 Å². The second-order valence-electron chi connectivity index (χ2n) is 4.74. The summed E-state index contributed by atoms with van der Waals surface area (Å²) in [6.45, 7) is 2.56. The summed E-state index contributed by atoms with van der Waals surface area (Å²) in [4.78, 5) is 29.3. The minimum absolute atomic E-state index is 0.147. The molecule has 1 aliphatic heterocycles. The first-order valence-corrected chi connectivity index (χ1v) is 6.70. The van der Waals surface area contributed by atoms with Crippen LogP contribution in [0.5, 0.6) is 0 Å². The highest BCUT2D eigenvalue weighted by atomic mass is 35.5. The van der Waals surface area contributed by atoms with Crippen molar-refractivity contribution in [3.05, 3.63) is 46.8 Å². The van der Waals surface area contributed by atoms with Crippen molar-refractivity contribution in [2.24, 2.45) is 0 Å². The summed E-state index contributed by atoms with van der Waals surface area (Å²) in [7, 11) is 0. The fourth-order valence-electron chi connectivity index (χ4n) is 2.36. The maximum Gasteiger partial charge on any atom is 0.299 e. The van der Waals surface area contributed by atoms with Crippen molar-refractivity contribution < 1.29 is 14.0 Å². The van der Waals surface area contributed by atoms with Gasteiger partial charge in [0.05, 0.1) is 16.3 Å². The first-order valence-electron chi connectivity index (χ1n) is 6.32. The third kappa shape index (κ3) is 2.21. The molecule has 21 heavy (non-hydrogen) atoms. The van der Waals surface area contributed by atoms with Crippen molar-refractivity contribution in [1.29, 1.82) is 0 Å². The molecular weight excluding hydrogens is 297 g/mol. The predicted molar refractivity (Wildman–Crippen MR) is 75.1 cm³/mol. The number of Topliss-reactive ketones (excluding diaryl/α,β-unsaturated/α-hetero) is 1. The van der Waals surface area contributed by atoms with E-state index in [2.05, 4.69) is 4.98 Å². The molecule has 0 bridgehead atoms. The number of benzene rings is 1. The van der Waals surface area contributed by atoms with Crippen LogP contribution in [0.2, 0.25) is 5.02 Å². The Kier molecular flexibility index (Phi) is 3.25. The third-order valence-electron chi connectivity index (χ3n) is 3.50. The molecule has 0 N–H and O–H groups in total. The van der Waals surface area contributed by atoms with Gasteiger partial charge in [0, 0.05) is 25.5 Å². The zero-order chi connectivity index (χ0) is 15.1. The zero-order valence-corrected chi connectivity index (χ0v) is 11.9. The van der Waals surface area contributed by atoms with Gasteiger partial charge in [0.1, 0.15) is 11.6 Å². The van der Waals surface area contributed by atoms with Crippen LogP contribution in [0.3, 0.4) is 0 Å². The van der Waals surface area contributed by atoms with Crippen molar-refractivity contribution in [2.75, 3.05) is 11.4 Å². The second-order valence-corrected chi connectivity index (χ2v) is 5.14. The fourth-order valence-corrected chi connectivity index (χ4v) is 2.52. The van der Waals surface area contributed by atoms with Crippen LogP contribution in [-0.4, -0.2) is 27.8 Å². The van der Waals surface area contributed by atoms with Gasteiger partial charge in [-0.05, 0) is 19.1 Å². The number of hydrogen-bond donors (Lipinski definition) is 0. The molecule has 2 aromatic rings. The number of nitrogens with zero attached hydrogens (tertiary/aromatic N) is 3. The number of carbonyl (C=O) groups is 2. The Bertz CT molecular complexity index is 757. The van der Waals surface area contributed by atoms with Gasteiger partial charge in [-0.2, -0.15) is 0 Å². The summed E-state index contributed by atoms with van der Waals surface area (Å²) < 4.78 is 15.4. The highest BCUT2D eigenvalue weighted by Gasteiger charge is 2.36. The van der Waals surface area contributed by atoms with Crippen LogP contribution in [0.4, 0.5) is 10.1 Å². The van der Waals surface area contributed by atoms with E-state index in [0.29, 0.717) is 6.54 Å². The zero-order valence-electron chi connectivity index (χ0n) is 11.1. The van der Waals surface area contributed by atoms with E-state index in [-0.39, 0.29) is 22.8 Å². The molecule has 7 heteroatoms. The first kappa shape index (κ1) is 13.8. The normalized spacial score (nSPS) is 14.0. The minimum Gasteiger partial charge on any atom is -0.333 e. The molecule has 1 aliphatic rings. The molecule has 108 valence electrons. The molecule has 0 radical (unpaired) electrons. The van der Waals surface area contributed by atoms with Crippen LogP contribution in [-0.2, 0) is 11.3 Å². The Labute approximate surface area is 124 Å². The van der Waals surface area contributed by atoms with E-state index in [0.717, 1.165) is 11.9 Å². The van der Waals surface area contributed by atoms with E-state index < -0.39 is 17.5 Å². The van der Waals surface area contributed by atoms with Gasteiger partial charge in [-0.1, -0.05) is 11.6 Å². The summed E-state index contributed by atoms with van der Waals surface area (Å²) >= 11 is 5.66. The fraction of sp³-hybridized carbons (Fsp3) is 0.214. The average Bonchev–Trinajstić information content (AvgIpc) is 2.95. The van der Waals surface area contributed by atoms with Crippen LogP contribution >= 0.6 is 11.6 Å². The number of rotatable bonds is 3. The predicted octanol–water partition coefficient (Wildman–Crippen LogP) is 2.21. The number of halogens is 2. The molecule has 5 nitrogen and oxygen atoms in total. The first-order chi connectivity index (χ1) is 9.99. The van der Waals surface area contributed by atoms with Crippen LogP contribution in [0.1, 0.15) is 16.2 Å². The second kappa shape index (κ2) is 4.96. The summed E-state index contributed by atoms with van der Waals surface area (Å²) in [5, 5.41) is -0.165. The van der Waals surface area contributed by atoms with Crippen LogP contribution < -0.4 is 4.90 Å². The van der Waals surface area contributed by atoms with Crippen molar-refractivity contribution >= 4 is 29.0 Å². The number of hydrogen-bond acceptors (Lipinski definition) is 3. The average molecular weight is 308 g/mol. The van der Waals surface area contributed by atoms with E-state index in [1.165, 1.54) is 11.0 Å². The molecular formula is C14H11ClFN3O2. The van der Waals surface area contributed by atoms with Gasteiger partial charge in [0.15, 0.2) is 0 Å². The maximum absolute atomic E-state index is 13.6. The van der Waals surface area contributed by atoms with E-state index in [9.17, 15) is 14.0 Å². The quantitative estimate of drug-likeness (QED) is 0.817. The minimum atomic E-state index is -0.663. The van der Waals surface area contributed by atoms with E-state index in [1.54, 1.807) is 12.4 Å². The third-order valence-corrected chi connectivity index (χ3v) is 3.79. The van der Waals surface area contributed by atoms with E-state index >= 15 is 0 Å². The van der Waals surface area contributed by atoms with E-state index in [1.807, 2.05) is 11.5 Å². The Morgan fingerprint density at radius 2 is 2.05 bits per heavy atom. The van der Waals surface area contributed by atoms with Crippen molar-refractivity contribution in [3.8, 4) is 0 Å². The molecule has 0 fully saturated rings. The molecule has 0 spiro atoms. The summed E-state index contributed by atoms with van der Waals surface area (Å²) in [5.41, 5.74) is 0.415. The van der Waals surface area contributed by atoms with Crippen LogP contribution in [0.15, 0.2) is 24.5 Å². The Morgan fingerprint density at radius 1 is 1.29 bits per heavy atom. The van der Waals surface area contributed by atoms with Crippen LogP contribution in [0, 0.1) is 12.7 Å². The van der Waals surface area contributed by atoms with Gasteiger partial charge in [0.25, 0.3) is 11.7 Å². The summed E-state index contributed by atoms with van der Waals surface area (Å²) in [6, 6.07) is 2.33. The van der Waals surface area contributed by atoms with Gasteiger partial charge in [0.2, 0.25) is 0 Å². The molecule has 0 saturated carbocycles. The number of fused-ring (bicyclic) bond motifs is 1. The number of carbonyl (C=O) groups excluding carboxylic acids is 2. The Balaban J connectivity index is 1.90. The molecule has 0 atom stereocenters. The number of aryl methyl sites for hydroxylation is 1. The lowest BCUT2D eigenvalue weighted by atomic mass is 10.1. The molecule has 1 amide bonds. The van der Waals surface area contributed by atoms with Crippen molar-refractivity contribution in [3.63, 3.8) is 0 Å². The lowest BCUT2D eigenvalue weighted by Crippen LogP contribution is -2.32. The topological polar surface area (TPSA) is 55.2 Å². The smallest absolute Gasteiger partial charge is 0.299 e. The number of imidazole rings is 1. The van der Waals surface area contributed by atoms with Crippen molar-refractivity contribution in [1.82, 2.24) is 9.55 Å². The van der Waals surface area contributed by atoms with Gasteiger partial charge in [-0.25, -0.2) is 9.37 Å². The molecule has 0 aliphatic carbocycles. The highest BCUT2D eigenvalue weighted by Crippen LogP contribution is 2.33. The van der Waals surface area contributed by atoms with Gasteiger partial charge < -0.3 is 9.47 Å². The summed E-state index contributed by atoms with van der Waals surface area (Å²) in [5.74, 6) is -1.17. The molecule has 0 unspecified atom stereocenters. The van der Waals surface area contributed by atoms with Gasteiger partial charge in [-0.3, -0.25) is 9.59 Å². The number of amides is 1. The highest BCUT2D eigenvalue weighted by molar-refractivity contribution is 6.52. The summed E-state index contributed by atoms with van der Waals surface area (Å²) in [6.07, 6.45) is 3.43. The molecule has 2 heterocycles. The monoisotopic (exact) mass is 307 g/mol. The SMILES string of the molecule is Cc1nccn1CCN1C(=O)C(=O)c2cc(Cl)c(F)cc21. The lowest BCUT2D eigenvalue weighted by Gasteiger charge is -2.17. The Morgan fingerprint density at radius 3 is 2.71 bits per heavy atom. The number of ketones is 1. The van der Waals surface area contributed by atoms with Crippen LogP contribution in [0.25, 0.3) is 0 Å². The molecule has 3 rings (SSSR count). The number of aromatic nitrogens is 2. The molecule has 1 aromatic carbocycles. The van der Waals surface area contributed by atoms with Crippen molar-refractivity contribution in [2.45, 2.75) is 13.5 Å². The largest absolute Gasteiger partial charge is 0.333 e. The Hall–Kier alpha value is -2.21. The van der Waals surface area contributed by atoms with Gasteiger partial charge >= 0.3 is 0 Å². The lowest BCUT2D eigenvalue weighted by molar-refractivity contribution is -0.114.